The van der Waals surface area contributed by atoms with E-state index in [-0.39, 0.29) is 0 Å². The Balaban J connectivity index is 2.09. The number of carbonyl (C=O) groups excluding carboxylic acids is 2. The second-order valence-electron chi connectivity index (χ2n) is 8.93. The van der Waals surface area contributed by atoms with Gasteiger partial charge in [0.15, 0.2) is 0 Å². The summed E-state index contributed by atoms with van der Waals surface area (Å²) in [4.78, 5) is 23.1. The Kier molecular flexibility index (Phi) is 8.11. The first-order chi connectivity index (χ1) is 19.1. The number of rotatable bonds is 6. The van der Waals surface area contributed by atoms with Gasteiger partial charge in [0.25, 0.3) is 0 Å². The van der Waals surface area contributed by atoms with Gasteiger partial charge in [0.1, 0.15) is 0 Å². The number of amides is 2. The van der Waals surface area contributed by atoms with Crippen LogP contribution >= 0.6 is 0 Å². The van der Waals surface area contributed by atoms with Gasteiger partial charge in [-0.3, -0.25) is 0 Å². The van der Waals surface area contributed by atoms with Crippen LogP contribution in [-0.4, -0.2) is 24.2 Å². The Hall–Kier alpha value is -3.65. The van der Waals surface area contributed by atoms with Gasteiger partial charge in [-0.25, -0.2) is 0 Å². The molecule has 216 valence electrons. The molecule has 2 aliphatic carbocycles. The summed E-state index contributed by atoms with van der Waals surface area (Å²) in [5.41, 5.74) is -2.28. The van der Waals surface area contributed by atoms with E-state index in [1.54, 1.807) is 0 Å². The minimum atomic E-state index is -5.61. The Labute approximate surface area is 228 Å². The first kappa shape index (κ1) is 30.3. The molecule has 2 aromatic carbocycles. The molecular formula is C26H16F10N2O2Ti. The van der Waals surface area contributed by atoms with Gasteiger partial charge in [-0.1, -0.05) is 0 Å². The second kappa shape index (κ2) is 11.0. The van der Waals surface area contributed by atoms with Crippen LogP contribution in [0.1, 0.15) is 0 Å². The SMILES string of the molecule is O=C(Nc1ccc(F)[c]([Ti]([c]2c(F)ccc(NC(=O)C(F)(F)F)c2F)([CH]2C=CC=C2)[CH]2C=CC=C2)c1F)C(F)(F)F. The van der Waals surface area contributed by atoms with E-state index in [1.165, 1.54) is 59.2 Å². The molecule has 0 heterocycles. The first-order valence-corrected chi connectivity index (χ1v) is 14.9. The average molecular weight is 626 g/mol. The molecule has 0 atom stereocenters. The van der Waals surface area contributed by atoms with Crippen molar-refractivity contribution in [3.05, 3.63) is 96.1 Å². The van der Waals surface area contributed by atoms with E-state index in [1.807, 2.05) is 0 Å². The summed E-state index contributed by atoms with van der Waals surface area (Å²) < 4.78 is 137. The Morgan fingerprint density at radius 2 is 0.902 bits per heavy atom. The van der Waals surface area contributed by atoms with Crippen molar-refractivity contribution in [1.82, 2.24) is 0 Å². The zero-order valence-corrected chi connectivity index (χ0v) is 21.7. The van der Waals surface area contributed by atoms with Gasteiger partial charge in [-0.2, -0.15) is 0 Å². The Bertz CT molecular complexity index is 1390. The van der Waals surface area contributed by atoms with Gasteiger partial charge in [-0.05, 0) is 0 Å². The second-order valence-corrected chi connectivity index (χ2v) is 15.3. The third kappa shape index (κ3) is 5.50. The van der Waals surface area contributed by atoms with Crippen molar-refractivity contribution >= 4 is 30.9 Å². The molecular weight excluding hydrogens is 610 g/mol. The molecule has 0 unspecified atom stereocenters. The molecule has 4 nitrogen and oxygen atoms in total. The fourth-order valence-corrected chi connectivity index (χ4v) is 13.7. The van der Waals surface area contributed by atoms with Gasteiger partial charge in [-0.15, -0.1) is 0 Å². The summed E-state index contributed by atoms with van der Waals surface area (Å²) >= 11 is -5.61. The molecule has 15 heteroatoms. The van der Waals surface area contributed by atoms with E-state index in [0.29, 0.717) is 24.3 Å². The van der Waals surface area contributed by atoms with Crippen LogP contribution in [0.15, 0.2) is 72.9 Å². The molecule has 0 spiro atoms. The van der Waals surface area contributed by atoms with Gasteiger partial charge in [0.2, 0.25) is 0 Å². The molecule has 0 aliphatic heterocycles. The molecule has 0 saturated heterocycles. The summed E-state index contributed by atoms with van der Waals surface area (Å²) in [6, 6.07) is 2.02. The fraction of sp³-hybridized carbons (Fsp3) is 0.154. The van der Waals surface area contributed by atoms with E-state index in [4.69, 9.17) is 0 Å². The quantitative estimate of drug-likeness (QED) is 0.298. The van der Waals surface area contributed by atoms with E-state index in [9.17, 15) is 35.9 Å². The number of nitrogens with one attached hydrogen (secondary N) is 2. The van der Waals surface area contributed by atoms with Gasteiger partial charge in [0, 0.05) is 0 Å². The monoisotopic (exact) mass is 626 g/mol. The molecule has 4 rings (SSSR count). The van der Waals surface area contributed by atoms with Crippen LogP contribution in [0.25, 0.3) is 0 Å². The van der Waals surface area contributed by atoms with Crippen LogP contribution in [0, 0.1) is 23.3 Å². The summed E-state index contributed by atoms with van der Waals surface area (Å²) in [7, 11) is 0. The van der Waals surface area contributed by atoms with Crippen molar-refractivity contribution in [2.75, 3.05) is 10.6 Å². The maximum atomic E-state index is 16.2. The van der Waals surface area contributed by atoms with Crippen molar-refractivity contribution in [2.45, 2.75) is 20.8 Å². The summed E-state index contributed by atoms with van der Waals surface area (Å²) in [6.07, 6.45) is 0.00485. The van der Waals surface area contributed by atoms with Crippen molar-refractivity contribution in [3.63, 3.8) is 0 Å². The molecule has 0 radical (unpaired) electrons. The van der Waals surface area contributed by atoms with Crippen molar-refractivity contribution in [2.24, 2.45) is 0 Å². The first-order valence-electron chi connectivity index (χ1n) is 11.5. The summed E-state index contributed by atoms with van der Waals surface area (Å²) in [5, 5.41) is 2.58. The number of halogens is 10. The van der Waals surface area contributed by atoms with Gasteiger partial charge in [0.05, 0.1) is 0 Å². The van der Waals surface area contributed by atoms with Crippen molar-refractivity contribution < 1.29 is 70.1 Å². The van der Waals surface area contributed by atoms with E-state index >= 15 is 17.6 Å². The third-order valence-corrected chi connectivity index (χ3v) is 15.1. The summed E-state index contributed by atoms with van der Waals surface area (Å²) in [6.45, 7) is 0. The van der Waals surface area contributed by atoms with Crippen molar-refractivity contribution in [3.8, 4) is 0 Å². The molecule has 41 heavy (non-hydrogen) atoms. The molecule has 0 fully saturated rings. The summed E-state index contributed by atoms with van der Waals surface area (Å²) in [5.74, 6) is -11.5. The number of hydrogen-bond donors (Lipinski definition) is 2. The normalized spacial score (nSPS) is 15.7. The van der Waals surface area contributed by atoms with E-state index in [2.05, 4.69) is 0 Å². The maximum absolute atomic E-state index is 16.2. The third-order valence-electron chi connectivity index (χ3n) is 6.57. The fourth-order valence-electron chi connectivity index (χ4n) is 4.93. The zero-order chi connectivity index (χ0) is 30.3. The van der Waals surface area contributed by atoms with Crippen LogP contribution in [-0.2, 0) is 26.2 Å². The standard InChI is InChI=1S/2C8H3F5NO.2C5H5.Ti/c2*9-4-1-2-6(5(10)3-4)14-7(15)8(11,12)13;2*1-2-4-5-3-1;/h2*1-2H,(H,14,15);2*1-5H;. The molecule has 0 aromatic heterocycles. The van der Waals surface area contributed by atoms with Crippen LogP contribution in [0.4, 0.5) is 55.3 Å². The van der Waals surface area contributed by atoms with E-state index < -0.39 is 91.6 Å². The Morgan fingerprint density at radius 1 is 0.585 bits per heavy atom. The molecule has 2 amide bonds. The molecule has 2 aliphatic rings. The number of allylic oxidation sites excluding steroid dienone is 8. The number of benzene rings is 2. The Morgan fingerprint density at radius 3 is 1.20 bits per heavy atom. The molecule has 2 aromatic rings. The molecule has 2 N–H and O–H groups in total. The van der Waals surface area contributed by atoms with Crippen LogP contribution in [0.2, 0.25) is 8.45 Å². The number of hydrogen-bond acceptors (Lipinski definition) is 2. The van der Waals surface area contributed by atoms with Crippen LogP contribution < -0.4 is 18.4 Å². The van der Waals surface area contributed by atoms with Crippen LogP contribution in [0.3, 0.4) is 0 Å². The van der Waals surface area contributed by atoms with Crippen LogP contribution in [0.5, 0.6) is 0 Å². The predicted octanol–water partition coefficient (Wildman–Crippen LogP) is 6.18. The molecule has 0 saturated carbocycles. The van der Waals surface area contributed by atoms with Gasteiger partial charge < -0.3 is 0 Å². The van der Waals surface area contributed by atoms with Crippen molar-refractivity contribution in [1.29, 1.82) is 0 Å². The predicted molar refractivity (Wildman–Crippen MR) is 125 cm³/mol. The molecule has 0 bridgehead atoms. The number of anilines is 2. The minimum absolute atomic E-state index is 0.498. The topological polar surface area (TPSA) is 58.2 Å². The number of alkyl halides is 6. The number of carbonyl (C=O) groups is 2. The van der Waals surface area contributed by atoms with Gasteiger partial charge >= 0.3 is 229 Å². The average Bonchev–Trinajstić information content (AvgIpc) is 3.60. The zero-order valence-electron chi connectivity index (χ0n) is 20.2. The van der Waals surface area contributed by atoms with E-state index in [0.717, 1.165) is 0 Å².